The average Bonchev–Trinajstić information content (AvgIpc) is 3.58. The summed E-state index contributed by atoms with van der Waals surface area (Å²) in [6.07, 6.45) is 2.00. The molecule has 0 unspecified atom stereocenters. The Morgan fingerprint density at radius 1 is 1.09 bits per heavy atom. The number of aromatic nitrogens is 2. The SMILES string of the molecule is CCOC[C@H](O)CN(Cc1c(C)nn(-c2ccccc2)c1Oc1ccccc1)CC1CC1. The zero-order valence-corrected chi connectivity index (χ0v) is 19.0. The summed E-state index contributed by atoms with van der Waals surface area (Å²) in [5, 5.41) is 15.3. The highest BCUT2D eigenvalue weighted by Crippen LogP contribution is 2.34. The normalized spacial score (nSPS) is 14.6. The number of nitrogens with zero attached hydrogens (tertiary/aromatic N) is 3. The van der Waals surface area contributed by atoms with Crippen LogP contribution in [0.25, 0.3) is 5.69 Å². The Hall–Kier alpha value is -2.67. The lowest BCUT2D eigenvalue weighted by Gasteiger charge is -2.25. The monoisotopic (exact) mass is 435 g/mol. The number of benzene rings is 2. The van der Waals surface area contributed by atoms with Gasteiger partial charge in [-0.15, -0.1) is 0 Å². The maximum absolute atomic E-state index is 10.5. The Kier molecular flexibility index (Phi) is 7.58. The smallest absolute Gasteiger partial charge is 0.227 e. The first-order valence-electron chi connectivity index (χ1n) is 11.5. The number of aryl methyl sites for hydroxylation is 1. The standard InChI is InChI=1S/C26H33N3O3/c1-3-31-19-23(30)17-28(16-21-14-15-21)18-25-20(2)27-29(22-10-6-4-7-11-22)26(25)32-24-12-8-5-9-13-24/h4-13,21,23,30H,3,14-19H2,1-2H3/t23-/m1/s1. The van der Waals surface area contributed by atoms with Crippen LogP contribution in [0.2, 0.25) is 0 Å². The van der Waals surface area contributed by atoms with E-state index in [2.05, 4.69) is 4.90 Å². The molecule has 1 aromatic heterocycles. The van der Waals surface area contributed by atoms with Gasteiger partial charge in [0.1, 0.15) is 5.75 Å². The van der Waals surface area contributed by atoms with Crippen molar-refractivity contribution in [3.8, 4) is 17.3 Å². The molecule has 2 aromatic carbocycles. The van der Waals surface area contributed by atoms with E-state index in [1.165, 1.54) is 12.8 Å². The van der Waals surface area contributed by atoms with Gasteiger partial charge >= 0.3 is 0 Å². The van der Waals surface area contributed by atoms with Crippen molar-refractivity contribution >= 4 is 0 Å². The van der Waals surface area contributed by atoms with Crippen LogP contribution in [-0.2, 0) is 11.3 Å². The minimum atomic E-state index is -0.517. The summed E-state index contributed by atoms with van der Waals surface area (Å²) in [6.45, 7) is 7.13. The summed E-state index contributed by atoms with van der Waals surface area (Å²) < 4.78 is 13.7. The summed E-state index contributed by atoms with van der Waals surface area (Å²) in [5.74, 6) is 2.20. The zero-order valence-electron chi connectivity index (χ0n) is 19.0. The molecule has 1 aliphatic rings. The number of aliphatic hydroxyl groups excluding tert-OH is 1. The molecule has 3 aromatic rings. The van der Waals surface area contributed by atoms with E-state index < -0.39 is 6.10 Å². The molecule has 0 aliphatic heterocycles. The molecule has 32 heavy (non-hydrogen) atoms. The second-order valence-corrected chi connectivity index (χ2v) is 8.48. The van der Waals surface area contributed by atoms with Crippen molar-refractivity contribution in [3.63, 3.8) is 0 Å². The lowest BCUT2D eigenvalue weighted by Crippen LogP contribution is -2.36. The predicted molar refractivity (Wildman–Crippen MR) is 125 cm³/mol. The number of para-hydroxylation sites is 2. The Balaban J connectivity index is 1.64. The van der Waals surface area contributed by atoms with E-state index in [1.54, 1.807) is 0 Å². The van der Waals surface area contributed by atoms with E-state index in [4.69, 9.17) is 14.6 Å². The molecule has 1 fully saturated rings. The molecule has 0 radical (unpaired) electrons. The Bertz CT molecular complexity index is 971. The number of rotatable bonds is 12. The molecule has 1 atom stereocenters. The molecule has 0 saturated heterocycles. The summed E-state index contributed by atoms with van der Waals surface area (Å²) in [6, 6.07) is 19.9. The van der Waals surface area contributed by atoms with Crippen molar-refractivity contribution in [2.45, 2.75) is 39.3 Å². The van der Waals surface area contributed by atoms with Crippen LogP contribution in [0.1, 0.15) is 31.0 Å². The van der Waals surface area contributed by atoms with Crippen molar-refractivity contribution < 1.29 is 14.6 Å². The van der Waals surface area contributed by atoms with Crippen molar-refractivity contribution in [1.29, 1.82) is 0 Å². The highest BCUT2D eigenvalue weighted by molar-refractivity contribution is 5.43. The maximum Gasteiger partial charge on any atom is 0.227 e. The lowest BCUT2D eigenvalue weighted by molar-refractivity contribution is 0.0186. The maximum atomic E-state index is 10.5. The summed E-state index contributed by atoms with van der Waals surface area (Å²) >= 11 is 0. The van der Waals surface area contributed by atoms with Gasteiger partial charge in [0.2, 0.25) is 5.88 Å². The molecular formula is C26H33N3O3. The summed E-state index contributed by atoms with van der Waals surface area (Å²) in [4.78, 5) is 2.32. The fourth-order valence-electron chi connectivity index (χ4n) is 3.87. The van der Waals surface area contributed by atoms with Crippen molar-refractivity contribution in [3.05, 3.63) is 71.9 Å². The number of hydrogen-bond donors (Lipinski definition) is 1. The van der Waals surface area contributed by atoms with E-state index in [9.17, 15) is 5.11 Å². The topological polar surface area (TPSA) is 59.8 Å². The van der Waals surface area contributed by atoms with Gasteiger partial charge in [-0.25, -0.2) is 4.68 Å². The van der Waals surface area contributed by atoms with Gasteiger partial charge in [0.05, 0.1) is 29.7 Å². The van der Waals surface area contributed by atoms with Crippen LogP contribution < -0.4 is 4.74 Å². The predicted octanol–water partition coefficient (Wildman–Crippen LogP) is 4.58. The summed E-state index contributed by atoms with van der Waals surface area (Å²) in [5.41, 5.74) is 2.93. The van der Waals surface area contributed by atoms with Gasteiger partial charge in [-0.2, -0.15) is 5.10 Å². The van der Waals surface area contributed by atoms with Crippen LogP contribution in [-0.4, -0.2) is 52.2 Å². The number of ether oxygens (including phenoxy) is 2. The Morgan fingerprint density at radius 2 is 1.78 bits per heavy atom. The van der Waals surface area contributed by atoms with Gasteiger partial charge < -0.3 is 14.6 Å². The van der Waals surface area contributed by atoms with Crippen molar-refractivity contribution in [2.75, 3.05) is 26.3 Å². The Labute approximate surface area is 190 Å². The van der Waals surface area contributed by atoms with Crippen LogP contribution in [0.5, 0.6) is 11.6 Å². The molecular weight excluding hydrogens is 402 g/mol. The first kappa shape index (κ1) is 22.5. The highest BCUT2D eigenvalue weighted by Gasteiger charge is 2.28. The van der Waals surface area contributed by atoms with E-state index in [0.717, 1.165) is 35.1 Å². The molecule has 0 amide bonds. The second kappa shape index (κ2) is 10.8. The molecule has 6 heteroatoms. The van der Waals surface area contributed by atoms with Crippen LogP contribution >= 0.6 is 0 Å². The van der Waals surface area contributed by atoms with Crippen LogP contribution in [0.4, 0.5) is 0 Å². The van der Waals surface area contributed by atoms with Gasteiger partial charge in [0.15, 0.2) is 0 Å². The largest absolute Gasteiger partial charge is 0.439 e. The summed E-state index contributed by atoms with van der Waals surface area (Å²) in [7, 11) is 0. The van der Waals surface area contributed by atoms with Crippen LogP contribution in [0.3, 0.4) is 0 Å². The number of aliphatic hydroxyl groups is 1. The van der Waals surface area contributed by atoms with Crippen molar-refractivity contribution in [1.82, 2.24) is 14.7 Å². The lowest BCUT2D eigenvalue weighted by atomic mass is 10.2. The molecule has 170 valence electrons. The molecule has 1 heterocycles. The van der Waals surface area contributed by atoms with Crippen LogP contribution in [0.15, 0.2) is 60.7 Å². The molecule has 1 aliphatic carbocycles. The van der Waals surface area contributed by atoms with E-state index in [-0.39, 0.29) is 0 Å². The van der Waals surface area contributed by atoms with E-state index in [0.29, 0.717) is 32.2 Å². The highest BCUT2D eigenvalue weighted by atomic mass is 16.5. The third kappa shape index (κ3) is 5.97. The van der Waals surface area contributed by atoms with E-state index >= 15 is 0 Å². The molecule has 1 N–H and O–H groups in total. The average molecular weight is 436 g/mol. The van der Waals surface area contributed by atoms with Gasteiger partial charge in [-0.3, -0.25) is 4.90 Å². The molecule has 4 rings (SSSR count). The quantitative estimate of drug-likeness (QED) is 0.451. The van der Waals surface area contributed by atoms with Gasteiger partial charge in [0.25, 0.3) is 0 Å². The number of hydrogen-bond acceptors (Lipinski definition) is 5. The minimum absolute atomic E-state index is 0.354. The minimum Gasteiger partial charge on any atom is -0.439 e. The second-order valence-electron chi connectivity index (χ2n) is 8.48. The molecule has 1 saturated carbocycles. The first-order valence-corrected chi connectivity index (χ1v) is 11.5. The van der Waals surface area contributed by atoms with Gasteiger partial charge in [0, 0.05) is 26.2 Å². The fraction of sp³-hybridized carbons (Fsp3) is 0.423. The van der Waals surface area contributed by atoms with Crippen molar-refractivity contribution in [2.24, 2.45) is 5.92 Å². The van der Waals surface area contributed by atoms with E-state index in [1.807, 2.05) is 79.2 Å². The molecule has 0 bridgehead atoms. The third-order valence-electron chi connectivity index (χ3n) is 5.67. The van der Waals surface area contributed by atoms with Gasteiger partial charge in [-0.1, -0.05) is 36.4 Å². The molecule has 0 spiro atoms. The van der Waals surface area contributed by atoms with Gasteiger partial charge in [-0.05, 0) is 56.9 Å². The first-order chi connectivity index (χ1) is 15.6. The third-order valence-corrected chi connectivity index (χ3v) is 5.67. The van der Waals surface area contributed by atoms with Crippen LogP contribution in [0, 0.1) is 12.8 Å². The fourth-order valence-corrected chi connectivity index (χ4v) is 3.87. The zero-order chi connectivity index (χ0) is 22.3. The molecule has 6 nitrogen and oxygen atoms in total. The Morgan fingerprint density at radius 3 is 2.44 bits per heavy atom.